The largest absolute Gasteiger partial charge is 0.506 e. The van der Waals surface area contributed by atoms with Crippen LogP contribution in [-0.4, -0.2) is 44.9 Å². The number of fused-ring (bicyclic) bond motifs is 2. The number of aryl methyl sites for hydroxylation is 1. The van der Waals surface area contributed by atoms with E-state index in [0.717, 1.165) is 25.5 Å². The van der Waals surface area contributed by atoms with Gasteiger partial charge in [-0.25, -0.2) is 4.98 Å². The molecule has 2 aromatic rings. The summed E-state index contributed by atoms with van der Waals surface area (Å²) in [6.45, 7) is 1.60. The number of phenolic OH excluding ortho intramolecular Hbond substituents is 1. The number of nitrogens with zero attached hydrogens (tertiary/aromatic N) is 4. The van der Waals surface area contributed by atoms with E-state index in [1.807, 2.05) is 7.05 Å². The number of rotatable bonds is 3. The molecule has 1 aromatic heterocycles. The first-order chi connectivity index (χ1) is 11.9. The smallest absolute Gasteiger partial charge is 0.255 e. The maximum Gasteiger partial charge on any atom is 0.255 e. The molecule has 1 aromatic carbocycles. The molecule has 2 unspecified atom stereocenters. The first kappa shape index (κ1) is 16.5. The Morgan fingerprint density at radius 3 is 2.68 bits per heavy atom. The molecule has 0 spiro atoms. The number of aromatic nitrogens is 3. The maximum atomic E-state index is 12.5. The highest BCUT2D eigenvalue weighted by molar-refractivity contribution is 6.36. The van der Waals surface area contributed by atoms with E-state index in [9.17, 15) is 9.90 Å². The number of carbonyl (C=O) groups is 1. The van der Waals surface area contributed by atoms with E-state index in [0.29, 0.717) is 16.9 Å². The molecule has 7 nitrogen and oxygen atoms in total. The molecular weight excluding hydrogens is 365 g/mol. The van der Waals surface area contributed by atoms with E-state index in [-0.39, 0.29) is 28.3 Å². The van der Waals surface area contributed by atoms with Gasteiger partial charge in [-0.05, 0) is 30.4 Å². The van der Waals surface area contributed by atoms with E-state index < -0.39 is 0 Å². The number of aromatic hydroxyl groups is 1. The number of hydrogen-bond donors (Lipinski definition) is 2. The van der Waals surface area contributed by atoms with E-state index in [4.69, 9.17) is 23.2 Å². The molecule has 132 valence electrons. The van der Waals surface area contributed by atoms with Crippen LogP contribution in [0.15, 0.2) is 18.5 Å². The average molecular weight is 382 g/mol. The third-order valence-electron chi connectivity index (χ3n) is 4.97. The molecule has 25 heavy (non-hydrogen) atoms. The summed E-state index contributed by atoms with van der Waals surface area (Å²) in [5, 5.41) is 17.7. The van der Waals surface area contributed by atoms with Crippen molar-refractivity contribution in [2.24, 2.45) is 18.9 Å². The van der Waals surface area contributed by atoms with Gasteiger partial charge in [-0.1, -0.05) is 23.2 Å². The predicted octanol–water partition coefficient (Wildman–Crippen LogP) is 2.08. The summed E-state index contributed by atoms with van der Waals surface area (Å²) in [5.74, 6) is 0.797. The van der Waals surface area contributed by atoms with Crippen LogP contribution in [0.1, 0.15) is 16.8 Å². The third kappa shape index (κ3) is 2.91. The van der Waals surface area contributed by atoms with E-state index >= 15 is 0 Å². The van der Waals surface area contributed by atoms with Crippen molar-refractivity contribution in [2.45, 2.75) is 12.5 Å². The number of phenols is 1. The lowest BCUT2D eigenvalue weighted by molar-refractivity contribution is 0.0636. The molecule has 2 saturated heterocycles. The minimum atomic E-state index is -0.356. The number of nitrogens with one attached hydrogen (secondary N) is 1. The molecule has 2 bridgehead atoms. The number of carbonyl (C=O) groups excluding carboxylic acids is 1. The fourth-order valence-corrected chi connectivity index (χ4v) is 4.22. The Balaban J connectivity index is 1.45. The van der Waals surface area contributed by atoms with Crippen LogP contribution < -0.4 is 10.2 Å². The third-order valence-corrected chi connectivity index (χ3v) is 5.48. The Hall–Kier alpha value is -1.99. The normalized spacial score (nSPS) is 24.8. The van der Waals surface area contributed by atoms with Crippen LogP contribution in [0.3, 0.4) is 0 Å². The van der Waals surface area contributed by atoms with Crippen molar-refractivity contribution in [1.29, 1.82) is 0 Å². The molecule has 2 aliphatic heterocycles. The van der Waals surface area contributed by atoms with Gasteiger partial charge in [0.15, 0.2) is 0 Å². The molecule has 3 heterocycles. The van der Waals surface area contributed by atoms with Crippen molar-refractivity contribution in [3.8, 4) is 5.75 Å². The average Bonchev–Trinajstić information content (AvgIpc) is 3.02. The van der Waals surface area contributed by atoms with Gasteiger partial charge in [0.1, 0.15) is 12.1 Å². The zero-order chi connectivity index (χ0) is 17.7. The standard InChI is InChI=1S/C16H17Cl2N5O2/c1-22-7-19-16(21-22)23-5-8-2-9(6-23)13(8)20-15(25)11-3-10(17)4-12(18)14(11)24/h3-4,7-9,13,24H,2,5-6H2,1H3,(H,20,25). The van der Waals surface area contributed by atoms with Gasteiger partial charge in [0.25, 0.3) is 5.91 Å². The van der Waals surface area contributed by atoms with Gasteiger partial charge in [0, 0.05) is 31.2 Å². The lowest BCUT2D eigenvalue weighted by atomic mass is 9.66. The fraction of sp³-hybridized carbons (Fsp3) is 0.438. The van der Waals surface area contributed by atoms with Crippen molar-refractivity contribution >= 4 is 35.1 Å². The number of halogens is 2. The number of anilines is 1. The van der Waals surface area contributed by atoms with Crippen LogP contribution in [0, 0.1) is 11.8 Å². The number of amides is 1. The lowest BCUT2D eigenvalue weighted by Gasteiger charge is -2.53. The molecular formula is C16H17Cl2N5O2. The molecule has 1 amide bonds. The van der Waals surface area contributed by atoms with Crippen LogP contribution in [0.2, 0.25) is 10.0 Å². The Morgan fingerprint density at radius 2 is 2.04 bits per heavy atom. The van der Waals surface area contributed by atoms with Crippen molar-refractivity contribution in [3.63, 3.8) is 0 Å². The Morgan fingerprint density at radius 1 is 1.32 bits per heavy atom. The summed E-state index contributed by atoms with van der Waals surface area (Å²) >= 11 is 11.8. The molecule has 2 N–H and O–H groups in total. The second kappa shape index (κ2) is 6.07. The summed E-state index contributed by atoms with van der Waals surface area (Å²) in [5.41, 5.74) is 0.103. The van der Waals surface area contributed by atoms with Gasteiger partial charge in [0.2, 0.25) is 5.95 Å². The molecule has 3 fully saturated rings. The molecule has 1 aliphatic carbocycles. The molecule has 9 heteroatoms. The van der Waals surface area contributed by atoms with Crippen LogP contribution in [0.5, 0.6) is 5.75 Å². The van der Waals surface area contributed by atoms with E-state index in [1.165, 1.54) is 12.1 Å². The van der Waals surface area contributed by atoms with Crippen LogP contribution in [-0.2, 0) is 7.05 Å². The molecule has 2 atom stereocenters. The quantitative estimate of drug-likeness (QED) is 0.850. The van der Waals surface area contributed by atoms with Gasteiger partial charge >= 0.3 is 0 Å². The number of benzene rings is 1. The van der Waals surface area contributed by atoms with Gasteiger partial charge in [-0.2, -0.15) is 0 Å². The number of hydrogen-bond acceptors (Lipinski definition) is 5. The van der Waals surface area contributed by atoms with Crippen molar-refractivity contribution in [1.82, 2.24) is 20.1 Å². The first-order valence-corrected chi connectivity index (χ1v) is 8.77. The highest BCUT2D eigenvalue weighted by atomic mass is 35.5. The Bertz CT molecular complexity index is 828. The molecule has 3 aliphatic rings. The van der Waals surface area contributed by atoms with Crippen LogP contribution >= 0.6 is 23.2 Å². The Labute approximate surface area is 154 Å². The van der Waals surface area contributed by atoms with Crippen molar-refractivity contribution < 1.29 is 9.90 Å². The minimum absolute atomic E-state index is 0.0684. The summed E-state index contributed by atoms with van der Waals surface area (Å²) in [4.78, 5) is 19.0. The molecule has 1 saturated carbocycles. The zero-order valence-corrected chi connectivity index (χ0v) is 15.0. The molecule has 5 rings (SSSR count). The van der Waals surface area contributed by atoms with E-state index in [1.54, 1.807) is 11.0 Å². The van der Waals surface area contributed by atoms with Gasteiger partial charge in [-0.15, -0.1) is 5.10 Å². The monoisotopic (exact) mass is 381 g/mol. The van der Waals surface area contributed by atoms with Crippen molar-refractivity contribution in [2.75, 3.05) is 18.0 Å². The van der Waals surface area contributed by atoms with E-state index in [2.05, 4.69) is 20.3 Å². The minimum Gasteiger partial charge on any atom is -0.506 e. The predicted molar refractivity (Wildman–Crippen MR) is 94.2 cm³/mol. The summed E-state index contributed by atoms with van der Waals surface area (Å²) in [6, 6.07) is 2.91. The second-order valence-corrected chi connectivity index (χ2v) is 7.51. The van der Waals surface area contributed by atoms with Gasteiger partial charge in [0.05, 0.1) is 10.6 Å². The lowest BCUT2D eigenvalue weighted by Crippen LogP contribution is -2.64. The highest BCUT2D eigenvalue weighted by Gasteiger charge is 2.48. The second-order valence-electron chi connectivity index (χ2n) is 6.66. The van der Waals surface area contributed by atoms with Crippen molar-refractivity contribution in [3.05, 3.63) is 34.1 Å². The van der Waals surface area contributed by atoms with Gasteiger partial charge in [-0.3, -0.25) is 9.48 Å². The molecule has 0 radical (unpaired) electrons. The highest BCUT2D eigenvalue weighted by Crippen LogP contribution is 2.41. The Kier molecular flexibility index (Phi) is 4.00. The van der Waals surface area contributed by atoms with Gasteiger partial charge < -0.3 is 15.3 Å². The van der Waals surface area contributed by atoms with Crippen LogP contribution in [0.4, 0.5) is 5.95 Å². The van der Waals surface area contributed by atoms with Crippen LogP contribution in [0.25, 0.3) is 0 Å². The zero-order valence-electron chi connectivity index (χ0n) is 13.5. The topological polar surface area (TPSA) is 83.3 Å². The SMILES string of the molecule is Cn1cnc(N2CC3CC(C2)C3NC(=O)c2cc(Cl)cc(Cl)c2O)n1. The maximum absolute atomic E-state index is 12.5. The number of piperidine rings is 2. The summed E-state index contributed by atoms with van der Waals surface area (Å²) in [6.07, 6.45) is 2.75. The summed E-state index contributed by atoms with van der Waals surface area (Å²) < 4.78 is 1.68. The fourth-order valence-electron chi connectivity index (χ4n) is 3.73. The first-order valence-electron chi connectivity index (χ1n) is 8.02. The summed E-state index contributed by atoms with van der Waals surface area (Å²) in [7, 11) is 1.84.